The van der Waals surface area contributed by atoms with E-state index in [4.69, 9.17) is 0 Å². The lowest BCUT2D eigenvalue weighted by atomic mass is 9.86. The van der Waals surface area contributed by atoms with Crippen molar-refractivity contribution in [3.63, 3.8) is 0 Å². The number of likely N-dealkylation sites (N-methyl/N-ethyl adjacent to an activating group) is 1. The van der Waals surface area contributed by atoms with Crippen molar-refractivity contribution >= 4 is 0 Å². The summed E-state index contributed by atoms with van der Waals surface area (Å²) < 4.78 is 0. The van der Waals surface area contributed by atoms with Crippen LogP contribution in [0.15, 0.2) is 0 Å². The van der Waals surface area contributed by atoms with Gasteiger partial charge in [0.15, 0.2) is 0 Å². The largest absolute Gasteiger partial charge is 0.313 e. The first kappa shape index (κ1) is 13.4. The highest BCUT2D eigenvalue weighted by atomic mass is 15.2. The summed E-state index contributed by atoms with van der Waals surface area (Å²) in [6.07, 6.45) is 11.3. The third-order valence-corrected chi connectivity index (χ3v) is 4.78. The molecule has 1 aliphatic heterocycles. The van der Waals surface area contributed by atoms with Gasteiger partial charge in [-0.1, -0.05) is 19.8 Å². The van der Waals surface area contributed by atoms with Crippen LogP contribution in [0.25, 0.3) is 0 Å². The number of hydrogen-bond donors (Lipinski definition) is 1. The number of nitrogens with one attached hydrogen (secondary N) is 1. The van der Waals surface area contributed by atoms with E-state index in [1.165, 1.54) is 64.5 Å². The molecule has 1 heterocycles. The maximum Gasteiger partial charge on any atom is 0.0195 e. The molecule has 2 rings (SSSR count). The first-order valence-corrected chi connectivity index (χ1v) is 7.69. The van der Waals surface area contributed by atoms with Crippen molar-refractivity contribution in [1.29, 1.82) is 0 Å². The highest BCUT2D eigenvalue weighted by Crippen LogP contribution is 2.26. The molecule has 1 saturated carbocycles. The molecule has 1 aliphatic carbocycles. The molecule has 0 spiro atoms. The van der Waals surface area contributed by atoms with E-state index in [0.29, 0.717) is 0 Å². The lowest BCUT2D eigenvalue weighted by molar-refractivity contribution is 0.155. The number of rotatable bonds is 3. The predicted octanol–water partition coefficient (Wildman–Crippen LogP) is 3.03. The van der Waals surface area contributed by atoms with Gasteiger partial charge in [-0.2, -0.15) is 0 Å². The molecule has 0 aromatic carbocycles. The minimum Gasteiger partial charge on any atom is -0.313 e. The minimum atomic E-state index is 0.752. The van der Waals surface area contributed by atoms with Crippen molar-refractivity contribution in [3.8, 4) is 0 Å². The van der Waals surface area contributed by atoms with Gasteiger partial charge >= 0.3 is 0 Å². The Balaban J connectivity index is 1.73. The second kappa shape index (κ2) is 6.75. The number of hydrogen-bond acceptors (Lipinski definition) is 2. The van der Waals surface area contributed by atoms with Gasteiger partial charge in [-0.15, -0.1) is 0 Å². The zero-order chi connectivity index (χ0) is 12.1. The molecule has 17 heavy (non-hydrogen) atoms. The van der Waals surface area contributed by atoms with Crippen LogP contribution in [0.2, 0.25) is 0 Å². The van der Waals surface area contributed by atoms with Crippen LogP contribution in [0.4, 0.5) is 0 Å². The second-order valence-electron chi connectivity index (χ2n) is 6.35. The van der Waals surface area contributed by atoms with Crippen LogP contribution >= 0.6 is 0 Å². The smallest absolute Gasteiger partial charge is 0.0195 e. The van der Waals surface area contributed by atoms with Crippen molar-refractivity contribution in [2.24, 2.45) is 5.92 Å². The van der Waals surface area contributed by atoms with Gasteiger partial charge in [0, 0.05) is 18.6 Å². The van der Waals surface area contributed by atoms with E-state index in [-0.39, 0.29) is 0 Å². The molecule has 2 fully saturated rings. The number of nitrogens with zero attached hydrogens (tertiary/aromatic N) is 1. The first-order valence-electron chi connectivity index (χ1n) is 7.69. The average molecular weight is 238 g/mol. The molecule has 0 aromatic heterocycles. The van der Waals surface area contributed by atoms with Gasteiger partial charge in [-0.25, -0.2) is 0 Å². The summed E-state index contributed by atoms with van der Waals surface area (Å²) in [6, 6.07) is 1.61. The second-order valence-corrected chi connectivity index (χ2v) is 6.35. The Hall–Kier alpha value is -0.0800. The van der Waals surface area contributed by atoms with Crippen LogP contribution in [0, 0.1) is 5.92 Å². The Morgan fingerprint density at radius 3 is 2.53 bits per heavy atom. The molecule has 0 bridgehead atoms. The Labute approximate surface area is 107 Å². The molecular formula is C15H30N2. The molecule has 1 saturated heterocycles. The normalized spacial score (nSPS) is 35.8. The Morgan fingerprint density at radius 2 is 1.76 bits per heavy atom. The third-order valence-electron chi connectivity index (χ3n) is 4.78. The fourth-order valence-electron chi connectivity index (χ4n) is 3.44. The van der Waals surface area contributed by atoms with Gasteiger partial charge in [0.25, 0.3) is 0 Å². The summed E-state index contributed by atoms with van der Waals surface area (Å²) in [5.41, 5.74) is 0. The molecule has 2 nitrogen and oxygen atoms in total. The highest BCUT2D eigenvalue weighted by molar-refractivity contribution is 4.80. The molecule has 2 aliphatic rings. The maximum absolute atomic E-state index is 3.72. The molecule has 100 valence electrons. The minimum absolute atomic E-state index is 0.752. The molecule has 0 amide bonds. The standard InChI is InChI=1S/C15H30N2/c1-13-7-9-15(10-8-13)17(2)12-14-6-4-3-5-11-16-14/h13-16H,3-12H2,1-2H3. The quantitative estimate of drug-likeness (QED) is 0.813. The van der Waals surface area contributed by atoms with Gasteiger partial charge in [0.1, 0.15) is 0 Å². The van der Waals surface area contributed by atoms with Crippen LogP contribution in [0.1, 0.15) is 58.3 Å². The first-order chi connectivity index (χ1) is 8.25. The van der Waals surface area contributed by atoms with Crippen LogP contribution in [-0.4, -0.2) is 37.1 Å². The Kier molecular flexibility index (Phi) is 5.30. The van der Waals surface area contributed by atoms with E-state index >= 15 is 0 Å². The Morgan fingerprint density at radius 1 is 1.00 bits per heavy atom. The SMILES string of the molecule is CC1CCC(N(C)CC2CCCCCN2)CC1. The zero-order valence-corrected chi connectivity index (χ0v) is 11.8. The molecular weight excluding hydrogens is 208 g/mol. The van der Waals surface area contributed by atoms with Crippen molar-refractivity contribution in [2.45, 2.75) is 70.4 Å². The summed E-state index contributed by atoms with van der Waals surface area (Å²) in [5.74, 6) is 0.968. The highest BCUT2D eigenvalue weighted by Gasteiger charge is 2.23. The van der Waals surface area contributed by atoms with Crippen LogP contribution in [-0.2, 0) is 0 Å². The van der Waals surface area contributed by atoms with Gasteiger partial charge in [-0.3, -0.25) is 0 Å². The van der Waals surface area contributed by atoms with Crippen LogP contribution in [0.5, 0.6) is 0 Å². The zero-order valence-electron chi connectivity index (χ0n) is 11.8. The summed E-state index contributed by atoms with van der Waals surface area (Å²) in [4.78, 5) is 2.63. The monoisotopic (exact) mass is 238 g/mol. The fraction of sp³-hybridized carbons (Fsp3) is 1.00. The van der Waals surface area contributed by atoms with Gasteiger partial charge in [0.2, 0.25) is 0 Å². The van der Waals surface area contributed by atoms with E-state index in [9.17, 15) is 0 Å². The molecule has 1 N–H and O–H groups in total. The topological polar surface area (TPSA) is 15.3 Å². The fourth-order valence-corrected chi connectivity index (χ4v) is 3.44. The Bertz CT molecular complexity index is 201. The van der Waals surface area contributed by atoms with E-state index in [0.717, 1.165) is 18.0 Å². The predicted molar refractivity (Wildman–Crippen MR) is 74.3 cm³/mol. The van der Waals surface area contributed by atoms with Gasteiger partial charge < -0.3 is 10.2 Å². The molecule has 1 unspecified atom stereocenters. The van der Waals surface area contributed by atoms with Crippen molar-refractivity contribution < 1.29 is 0 Å². The van der Waals surface area contributed by atoms with Crippen molar-refractivity contribution in [3.05, 3.63) is 0 Å². The summed E-state index contributed by atoms with van der Waals surface area (Å²) in [6.45, 7) is 4.91. The molecule has 1 atom stereocenters. The lowest BCUT2D eigenvalue weighted by Crippen LogP contribution is -2.44. The van der Waals surface area contributed by atoms with Gasteiger partial charge in [0.05, 0.1) is 0 Å². The van der Waals surface area contributed by atoms with E-state index < -0.39 is 0 Å². The van der Waals surface area contributed by atoms with Crippen molar-refractivity contribution in [1.82, 2.24) is 10.2 Å². The third kappa shape index (κ3) is 4.26. The average Bonchev–Trinajstić information content (AvgIpc) is 2.58. The van der Waals surface area contributed by atoms with E-state index in [2.05, 4.69) is 24.2 Å². The van der Waals surface area contributed by atoms with E-state index in [1.54, 1.807) is 0 Å². The summed E-state index contributed by atoms with van der Waals surface area (Å²) in [5, 5.41) is 3.72. The lowest BCUT2D eigenvalue weighted by Gasteiger charge is -2.35. The maximum atomic E-state index is 3.72. The molecule has 0 aromatic rings. The van der Waals surface area contributed by atoms with Gasteiger partial charge in [-0.05, 0) is 58.0 Å². The van der Waals surface area contributed by atoms with E-state index in [1.807, 2.05) is 0 Å². The summed E-state index contributed by atoms with van der Waals surface area (Å²) >= 11 is 0. The van der Waals surface area contributed by atoms with Crippen molar-refractivity contribution in [2.75, 3.05) is 20.1 Å². The molecule has 2 heteroatoms. The summed E-state index contributed by atoms with van der Waals surface area (Å²) in [7, 11) is 2.34. The molecule has 0 radical (unpaired) electrons. The van der Waals surface area contributed by atoms with Crippen LogP contribution in [0.3, 0.4) is 0 Å². The van der Waals surface area contributed by atoms with Crippen LogP contribution < -0.4 is 5.32 Å².